The van der Waals surface area contributed by atoms with Crippen LogP contribution in [0.4, 0.5) is 0 Å². The molecule has 1 aromatic rings. The molecule has 1 aliphatic rings. The van der Waals surface area contributed by atoms with Gasteiger partial charge in [0.25, 0.3) is 0 Å². The first-order chi connectivity index (χ1) is 9.81. The zero-order chi connectivity index (χ0) is 14.4. The van der Waals surface area contributed by atoms with Crippen molar-refractivity contribution in [1.82, 2.24) is 5.32 Å². The molecule has 0 aromatic heterocycles. The molecule has 2 atom stereocenters. The molecule has 1 aliphatic carbocycles. The molecule has 1 N–H and O–H groups in total. The first kappa shape index (κ1) is 15.2. The summed E-state index contributed by atoms with van der Waals surface area (Å²) in [6.45, 7) is 4.41. The maximum Gasteiger partial charge on any atom is 0.126 e. The number of ether oxygens (including phenoxy) is 2. The van der Waals surface area contributed by atoms with Gasteiger partial charge < -0.3 is 14.8 Å². The van der Waals surface area contributed by atoms with Crippen LogP contribution in [0, 0.1) is 5.92 Å². The van der Waals surface area contributed by atoms with Crippen molar-refractivity contribution in [1.29, 1.82) is 0 Å². The van der Waals surface area contributed by atoms with E-state index >= 15 is 0 Å². The van der Waals surface area contributed by atoms with Crippen LogP contribution in [0.3, 0.4) is 0 Å². The Kier molecular flexibility index (Phi) is 5.72. The molecule has 0 saturated heterocycles. The molecule has 0 radical (unpaired) electrons. The van der Waals surface area contributed by atoms with E-state index in [0.717, 1.165) is 24.6 Å². The van der Waals surface area contributed by atoms with Crippen LogP contribution in [0.25, 0.3) is 0 Å². The summed E-state index contributed by atoms with van der Waals surface area (Å²) in [6, 6.07) is 6.10. The Hall–Kier alpha value is -1.22. The van der Waals surface area contributed by atoms with E-state index in [0.29, 0.717) is 11.8 Å². The van der Waals surface area contributed by atoms with E-state index in [4.69, 9.17) is 9.47 Å². The van der Waals surface area contributed by atoms with Crippen molar-refractivity contribution in [3.63, 3.8) is 0 Å². The van der Waals surface area contributed by atoms with Crippen LogP contribution < -0.4 is 14.8 Å². The normalized spacial score (nSPS) is 21.9. The van der Waals surface area contributed by atoms with E-state index in [-0.39, 0.29) is 0 Å². The minimum atomic E-state index is 0.547. The fraction of sp³-hybridized carbons (Fsp3) is 0.647. The van der Waals surface area contributed by atoms with Crippen molar-refractivity contribution >= 4 is 0 Å². The first-order valence-corrected chi connectivity index (χ1v) is 7.73. The number of hydrogen-bond acceptors (Lipinski definition) is 3. The standard InChI is InChI=1S/C17H27NO2/c1-4-11-18-12-13-7-5-8-14(13)17-15(19-2)9-6-10-16(17)20-3/h6,9-10,13-14,18H,4-5,7-8,11-12H2,1-3H3. The maximum atomic E-state index is 5.57. The molecule has 3 heteroatoms. The third-order valence-electron chi connectivity index (χ3n) is 4.33. The summed E-state index contributed by atoms with van der Waals surface area (Å²) in [7, 11) is 3.50. The second kappa shape index (κ2) is 7.53. The topological polar surface area (TPSA) is 30.5 Å². The molecule has 0 bridgehead atoms. The van der Waals surface area contributed by atoms with E-state index in [1.807, 2.05) is 18.2 Å². The van der Waals surface area contributed by atoms with Crippen molar-refractivity contribution < 1.29 is 9.47 Å². The van der Waals surface area contributed by atoms with Crippen molar-refractivity contribution in [2.75, 3.05) is 27.3 Å². The van der Waals surface area contributed by atoms with E-state index in [1.54, 1.807) is 14.2 Å². The molecule has 0 heterocycles. The van der Waals surface area contributed by atoms with Crippen LogP contribution in [0.15, 0.2) is 18.2 Å². The summed E-state index contributed by atoms with van der Waals surface area (Å²) in [6.07, 6.45) is 5.01. The quantitative estimate of drug-likeness (QED) is 0.773. The van der Waals surface area contributed by atoms with Gasteiger partial charge in [-0.1, -0.05) is 19.4 Å². The molecule has 1 saturated carbocycles. The zero-order valence-electron chi connectivity index (χ0n) is 12.9. The van der Waals surface area contributed by atoms with Gasteiger partial charge in [0.05, 0.1) is 14.2 Å². The highest BCUT2D eigenvalue weighted by Gasteiger charge is 2.32. The van der Waals surface area contributed by atoms with Crippen LogP contribution in [-0.4, -0.2) is 27.3 Å². The lowest BCUT2D eigenvalue weighted by atomic mass is 9.87. The van der Waals surface area contributed by atoms with Gasteiger partial charge >= 0.3 is 0 Å². The molecular formula is C17H27NO2. The van der Waals surface area contributed by atoms with Gasteiger partial charge in [-0.2, -0.15) is 0 Å². The smallest absolute Gasteiger partial charge is 0.126 e. The molecule has 0 spiro atoms. The monoisotopic (exact) mass is 277 g/mol. The van der Waals surface area contributed by atoms with Gasteiger partial charge in [-0.25, -0.2) is 0 Å². The minimum absolute atomic E-state index is 0.547. The van der Waals surface area contributed by atoms with Gasteiger partial charge in [0.1, 0.15) is 11.5 Å². The number of rotatable bonds is 7. The Morgan fingerprint density at radius 3 is 2.45 bits per heavy atom. The molecule has 1 fully saturated rings. The Bertz CT molecular complexity index is 397. The average molecular weight is 277 g/mol. The summed E-state index contributed by atoms with van der Waals surface area (Å²) < 4.78 is 11.1. The number of benzene rings is 1. The predicted molar refractivity (Wildman–Crippen MR) is 82.8 cm³/mol. The summed E-state index contributed by atoms with van der Waals surface area (Å²) >= 11 is 0. The van der Waals surface area contributed by atoms with Crippen molar-refractivity contribution in [2.24, 2.45) is 5.92 Å². The molecular weight excluding hydrogens is 250 g/mol. The number of methoxy groups -OCH3 is 2. The van der Waals surface area contributed by atoms with Gasteiger partial charge in [-0.3, -0.25) is 0 Å². The highest BCUT2D eigenvalue weighted by Crippen LogP contribution is 2.46. The Balaban J connectivity index is 2.20. The van der Waals surface area contributed by atoms with Crippen molar-refractivity contribution in [3.8, 4) is 11.5 Å². The van der Waals surface area contributed by atoms with Crippen LogP contribution >= 0.6 is 0 Å². The maximum absolute atomic E-state index is 5.57. The molecule has 2 unspecified atom stereocenters. The average Bonchev–Trinajstić information content (AvgIpc) is 2.94. The van der Waals surface area contributed by atoms with Gasteiger partial charge in [0, 0.05) is 5.56 Å². The molecule has 3 nitrogen and oxygen atoms in total. The minimum Gasteiger partial charge on any atom is -0.496 e. The van der Waals surface area contributed by atoms with Crippen LogP contribution in [-0.2, 0) is 0 Å². The highest BCUT2D eigenvalue weighted by atomic mass is 16.5. The summed E-state index contributed by atoms with van der Waals surface area (Å²) in [5, 5.41) is 3.57. The molecule has 0 aliphatic heterocycles. The molecule has 20 heavy (non-hydrogen) atoms. The van der Waals surface area contributed by atoms with E-state index < -0.39 is 0 Å². The van der Waals surface area contributed by atoms with Crippen LogP contribution in [0.1, 0.15) is 44.1 Å². The number of nitrogens with one attached hydrogen (secondary N) is 1. The lowest BCUT2D eigenvalue weighted by Crippen LogP contribution is -2.25. The molecule has 2 rings (SSSR count). The fourth-order valence-electron chi connectivity index (χ4n) is 3.37. The van der Waals surface area contributed by atoms with Gasteiger partial charge in [-0.05, 0) is 56.3 Å². The Morgan fingerprint density at radius 1 is 1.15 bits per heavy atom. The third kappa shape index (κ3) is 3.26. The van der Waals surface area contributed by atoms with Crippen molar-refractivity contribution in [3.05, 3.63) is 23.8 Å². The lowest BCUT2D eigenvalue weighted by Gasteiger charge is -2.24. The van der Waals surface area contributed by atoms with E-state index in [9.17, 15) is 0 Å². The van der Waals surface area contributed by atoms with Crippen LogP contribution in [0.2, 0.25) is 0 Å². The molecule has 0 amide bonds. The highest BCUT2D eigenvalue weighted by molar-refractivity contribution is 5.48. The summed E-state index contributed by atoms with van der Waals surface area (Å²) in [4.78, 5) is 0. The van der Waals surface area contributed by atoms with Crippen molar-refractivity contribution in [2.45, 2.75) is 38.5 Å². The second-order valence-corrected chi connectivity index (χ2v) is 5.58. The summed E-state index contributed by atoms with van der Waals surface area (Å²) in [5.41, 5.74) is 1.26. The van der Waals surface area contributed by atoms with Gasteiger partial charge in [0.15, 0.2) is 0 Å². The summed E-state index contributed by atoms with van der Waals surface area (Å²) in [5.74, 6) is 3.17. The lowest BCUT2D eigenvalue weighted by molar-refractivity contribution is 0.362. The second-order valence-electron chi connectivity index (χ2n) is 5.58. The van der Waals surface area contributed by atoms with Gasteiger partial charge in [0.2, 0.25) is 0 Å². The Labute approximate surface area is 122 Å². The fourth-order valence-corrected chi connectivity index (χ4v) is 3.37. The zero-order valence-corrected chi connectivity index (χ0v) is 12.9. The van der Waals surface area contributed by atoms with Crippen LogP contribution in [0.5, 0.6) is 11.5 Å². The van der Waals surface area contributed by atoms with Gasteiger partial charge in [-0.15, -0.1) is 0 Å². The molecule has 1 aromatic carbocycles. The first-order valence-electron chi connectivity index (χ1n) is 7.73. The molecule has 112 valence electrons. The van der Waals surface area contributed by atoms with E-state index in [1.165, 1.54) is 31.2 Å². The van der Waals surface area contributed by atoms with E-state index in [2.05, 4.69) is 12.2 Å². The third-order valence-corrected chi connectivity index (χ3v) is 4.33. The number of hydrogen-bond donors (Lipinski definition) is 1. The largest absolute Gasteiger partial charge is 0.496 e. The SMILES string of the molecule is CCCNCC1CCCC1c1c(OC)cccc1OC. The Morgan fingerprint density at radius 2 is 1.85 bits per heavy atom. The predicted octanol–water partition coefficient (Wildman–Crippen LogP) is 3.59.